The lowest BCUT2D eigenvalue weighted by Gasteiger charge is -2.18. The highest BCUT2D eigenvalue weighted by Crippen LogP contribution is 2.22. The standard InChI is InChI=1S/C16H21FN4O3/c1-10(7-8-22)9-18-16(23)20-14(15-19-11(2)24-21-15)12-5-3-4-6-13(12)17/h3-6,10,14,22H,7-9H2,1-2H3,(H2,18,20,23). The minimum absolute atomic E-state index is 0.0600. The third-order valence-electron chi connectivity index (χ3n) is 3.53. The Morgan fingerprint density at radius 2 is 2.17 bits per heavy atom. The number of urea groups is 1. The first kappa shape index (κ1) is 17.9. The summed E-state index contributed by atoms with van der Waals surface area (Å²) in [5.41, 5.74) is 0.247. The maximum atomic E-state index is 14.1. The van der Waals surface area contributed by atoms with Crippen molar-refractivity contribution in [1.29, 1.82) is 0 Å². The van der Waals surface area contributed by atoms with Crippen LogP contribution in [-0.2, 0) is 0 Å². The van der Waals surface area contributed by atoms with Crippen LogP contribution in [0.2, 0.25) is 0 Å². The van der Waals surface area contributed by atoms with E-state index in [1.54, 1.807) is 25.1 Å². The van der Waals surface area contributed by atoms with Crippen LogP contribution in [0.25, 0.3) is 0 Å². The molecule has 0 saturated heterocycles. The maximum Gasteiger partial charge on any atom is 0.315 e. The van der Waals surface area contributed by atoms with E-state index in [1.165, 1.54) is 6.07 Å². The van der Waals surface area contributed by atoms with E-state index >= 15 is 0 Å². The predicted molar refractivity (Wildman–Crippen MR) is 84.7 cm³/mol. The molecule has 0 aliphatic heterocycles. The lowest BCUT2D eigenvalue weighted by molar-refractivity contribution is 0.231. The summed E-state index contributed by atoms with van der Waals surface area (Å²) >= 11 is 0. The number of halogens is 1. The van der Waals surface area contributed by atoms with Gasteiger partial charge in [0.25, 0.3) is 0 Å². The number of carbonyl (C=O) groups is 1. The second-order valence-corrected chi connectivity index (χ2v) is 5.60. The van der Waals surface area contributed by atoms with Crippen LogP contribution < -0.4 is 10.6 Å². The first-order valence-electron chi connectivity index (χ1n) is 7.71. The van der Waals surface area contributed by atoms with Crippen molar-refractivity contribution in [2.24, 2.45) is 5.92 Å². The van der Waals surface area contributed by atoms with Crippen molar-refractivity contribution >= 4 is 6.03 Å². The Balaban J connectivity index is 2.12. The van der Waals surface area contributed by atoms with Gasteiger partial charge in [-0.25, -0.2) is 9.18 Å². The topological polar surface area (TPSA) is 100 Å². The van der Waals surface area contributed by atoms with Gasteiger partial charge < -0.3 is 20.3 Å². The van der Waals surface area contributed by atoms with Crippen molar-refractivity contribution in [3.63, 3.8) is 0 Å². The minimum Gasteiger partial charge on any atom is -0.396 e. The molecule has 0 saturated carbocycles. The molecule has 0 aliphatic rings. The first-order chi connectivity index (χ1) is 11.5. The van der Waals surface area contributed by atoms with Crippen LogP contribution in [0.4, 0.5) is 9.18 Å². The van der Waals surface area contributed by atoms with Gasteiger partial charge in [0.1, 0.15) is 11.9 Å². The Kier molecular flexibility index (Phi) is 6.25. The molecule has 1 aromatic carbocycles. The average Bonchev–Trinajstić information content (AvgIpc) is 2.98. The second kappa shape index (κ2) is 8.39. The van der Waals surface area contributed by atoms with Crippen LogP contribution >= 0.6 is 0 Å². The summed E-state index contributed by atoms with van der Waals surface area (Å²) in [6.45, 7) is 3.98. The number of benzene rings is 1. The van der Waals surface area contributed by atoms with E-state index in [2.05, 4.69) is 20.8 Å². The Morgan fingerprint density at radius 3 is 2.79 bits per heavy atom. The summed E-state index contributed by atoms with van der Waals surface area (Å²) in [5.74, 6) is 0.153. The number of aliphatic hydroxyl groups is 1. The quantitative estimate of drug-likeness (QED) is 0.717. The van der Waals surface area contributed by atoms with Crippen molar-refractivity contribution in [1.82, 2.24) is 20.8 Å². The van der Waals surface area contributed by atoms with Gasteiger partial charge in [-0.1, -0.05) is 30.3 Å². The van der Waals surface area contributed by atoms with E-state index in [-0.39, 0.29) is 23.9 Å². The highest BCUT2D eigenvalue weighted by molar-refractivity contribution is 5.74. The molecule has 3 N–H and O–H groups in total. The molecule has 0 radical (unpaired) electrons. The highest BCUT2D eigenvalue weighted by Gasteiger charge is 2.24. The molecule has 8 heteroatoms. The van der Waals surface area contributed by atoms with Crippen LogP contribution in [0.15, 0.2) is 28.8 Å². The van der Waals surface area contributed by atoms with Crippen molar-refractivity contribution < 1.29 is 18.8 Å². The smallest absolute Gasteiger partial charge is 0.315 e. The number of nitrogens with one attached hydrogen (secondary N) is 2. The lowest BCUT2D eigenvalue weighted by atomic mass is 10.1. The Morgan fingerprint density at radius 1 is 1.42 bits per heavy atom. The molecule has 1 aromatic heterocycles. The summed E-state index contributed by atoms with van der Waals surface area (Å²) in [5, 5.41) is 18.0. The molecule has 2 unspecified atom stereocenters. The van der Waals surface area contributed by atoms with Gasteiger partial charge in [-0.15, -0.1) is 0 Å². The number of amides is 2. The highest BCUT2D eigenvalue weighted by atomic mass is 19.1. The largest absolute Gasteiger partial charge is 0.396 e. The average molecular weight is 336 g/mol. The van der Waals surface area contributed by atoms with Gasteiger partial charge in [-0.2, -0.15) is 4.98 Å². The van der Waals surface area contributed by atoms with Gasteiger partial charge in [0, 0.05) is 25.6 Å². The van der Waals surface area contributed by atoms with Crippen molar-refractivity contribution in [2.75, 3.05) is 13.2 Å². The molecule has 2 atom stereocenters. The zero-order valence-electron chi connectivity index (χ0n) is 13.6. The Bertz CT molecular complexity index is 677. The molecule has 7 nitrogen and oxygen atoms in total. The van der Waals surface area contributed by atoms with Crippen molar-refractivity contribution in [3.8, 4) is 0 Å². The molecule has 0 spiro atoms. The van der Waals surface area contributed by atoms with Gasteiger partial charge >= 0.3 is 6.03 Å². The number of aliphatic hydroxyl groups excluding tert-OH is 1. The monoisotopic (exact) mass is 336 g/mol. The summed E-state index contributed by atoms with van der Waals surface area (Å²) in [7, 11) is 0. The zero-order valence-corrected chi connectivity index (χ0v) is 13.6. The number of hydrogen-bond donors (Lipinski definition) is 3. The fourth-order valence-electron chi connectivity index (χ4n) is 2.19. The van der Waals surface area contributed by atoms with Gasteiger partial charge in [-0.05, 0) is 18.4 Å². The molecule has 24 heavy (non-hydrogen) atoms. The molecular weight excluding hydrogens is 315 g/mol. The number of aryl methyl sites for hydroxylation is 1. The van der Waals surface area contributed by atoms with Crippen LogP contribution in [0.5, 0.6) is 0 Å². The van der Waals surface area contributed by atoms with Crippen LogP contribution in [0, 0.1) is 18.7 Å². The third-order valence-corrected chi connectivity index (χ3v) is 3.53. The third kappa shape index (κ3) is 4.76. The maximum absolute atomic E-state index is 14.1. The zero-order chi connectivity index (χ0) is 17.5. The van der Waals surface area contributed by atoms with Crippen LogP contribution in [0.3, 0.4) is 0 Å². The van der Waals surface area contributed by atoms with Crippen molar-refractivity contribution in [3.05, 3.63) is 47.4 Å². The number of hydrogen-bond acceptors (Lipinski definition) is 5. The summed E-state index contributed by atoms with van der Waals surface area (Å²) < 4.78 is 19.0. The molecule has 130 valence electrons. The van der Waals surface area contributed by atoms with E-state index in [4.69, 9.17) is 9.63 Å². The minimum atomic E-state index is -0.864. The molecular formula is C16H21FN4O3. The van der Waals surface area contributed by atoms with Crippen LogP contribution in [-0.4, -0.2) is 34.4 Å². The van der Waals surface area contributed by atoms with E-state index in [1.807, 2.05) is 6.92 Å². The summed E-state index contributed by atoms with van der Waals surface area (Å²) in [4.78, 5) is 16.2. The van der Waals surface area contributed by atoms with E-state index in [0.29, 0.717) is 18.9 Å². The first-order valence-corrected chi connectivity index (χ1v) is 7.71. The predicted octanol–water partition coefficient (Wildman–Crippen LogP) is 1.92. The second-order valence-electron chi connectivity index (χ2n) is 5.60. The van der Waals surface area contributed by atoms with Gasteiger partial charge in [0.2, 0.25) is 5.89 Å². The van der Waals surface area contributed by atoms with Gasteiger partial charge in [0.05, 0.1) is 0 Å². The van der Waals surface area contributed by atoms with Gasteiger partial charge in [0.15, 0.2) is 5.82 Å². The van der Waals surface area contributed by atoms with Crippen LogP contribution in [0.1, 0.15) is 36.7 Å². The summed E-state index contributed by atoms with van der Waals surface area (Å²) in [6.07, 6.45) is 0.584. The number of aromatic nitrogens is 2. The number of carbonyl (C=O) groups excluding carboxylic acids is 1. The molecule has 0 fully saturated rings. The summed E-state index contributed by atoms with van der Waals surface area (Å²) in [6, 6.07) is 4.75. The Labute approximate surface area is 139 Å². The normalized spacial score (nSPS) is 13.3. The fourth-order valence-corrected chi connectivity index (χ4v) is 2.19. The molecule has 1 heterocycles. The molecule has 2 aromatic rings. The Hall–Kier alpha value is -2.48. The molecule has 0 bridgehead atoms. The molecule has 2 amide bonds. The van der Waals surface area contributed by atoms with E-state index in [9.17, 15) is 9.18 Å². The van der Waals surface area contributed by atoms with E-state index < -0.39 is 17.9 Å². The van der Waals surface area contributed by atoms with Gasteiger partial charge in [-0.3, -0.25) is 0 Å². The number of rotatable bonds is 7. The fraction of sp³-hybridized carbons (Fsp3) is 0.438. The van der Waals surface area contributed by atoms with Crippen molar-refractivity contribution in [2.45, 2.75) is 26.3 Å². The molecule has 0 aliphatic carbocycles. The molecule has 2 rings (SSSR count). The SMILES string of the molecule is Cc1nc(C(NC(=O)NCC(C)CCO)c2ccccc2F)no1. The lowest BCUT2D eigenvalue weighted by Crippen LogP contribution is -2.40. The van der Waals surface area contributed by atoms with E-state index in [0.717, 1.165) is 0 Å². The number of nitrogens with zero attached hydrogens (tertiary/aromatic N) is 2.